The highest BCUT2D eigenvalue weighted by molar-refractivity contribution is 6.31. The maximum absolute atomic E-state index is 13.5. The molecule has 9 heteroatoms. The number of anilines is 1. The van der Waals surface area contributed by atoms with E-state index in [0.717, 1.165) is 30.4 Å². The first kappa shape index (κ1) is 28.1. The lowest BCUT2D eigenvalue weighted by Gasteiger charge is -2.43. The minimum atomic E-state index is -0.986. The number of hydrogen-bond acceptors (Lipinski definition) is 4. The lowest BCUT2D eigenvalue weighted by atomic mass is 9.71. The lowest BCUT2D eigenvalue weighted by Crippen LogP contribution is -2.51. The van der Waals surface area contributed by atoms with E-state index in [-0.39, 0.29) is 18.2 Å². The number of aryl methyl sites for hydroxylation is 1. The highest BCUT2D eigenvalue weighted by atomic mass is 35.5. The highest BCUT2D eigenvalue weighted by Gasteiger charge is 2.40. The van der Waals surface area contributed by atoms with E-state index >= 15 is 0 Å². The Morgan fingerprint density at radius 2 is 1.66 bits per heavy atom. The van der Waals surface area contributed by atoms with Crippen LogP contribution in [0.2, 0.25) is 5.02 Å². The minimum Gasteiger partial charge on any atom is -0.341 e. The van der Waals surface area contributed by atoms with Gasteiger partial charge in [-0.25, -0.2) is 0 Å². The van der Waals surface area contributed by atoms with Crippen molar-refractivity contribution in [3.05, 3.63) is 119 Å². The van der Waals surface area contributed by atoms with E-state index in [2.05, 4.69) is 21.0 Å². The number of benzene rings is 3. The van der Waals surface area contributed by atoms with Crippen molar-refractivity contribution in [1.82, 2.24) is 20.4 Å². The Morgan fingerprint density at radius 3 is 2.32 bits per heavy atom. The number of aromatic nitrogens is 2. The van der Waals surface area contributed by atoms with E-state index in [1.165, 1.54) is 0 Å². The second-order valence-corrected chi connectivity index (χ2v) is 10.6. The fourth-order valence-corrected chi connectivity index (χ4v) is 5.39. The third-order valence-corrected chi connectivity index (χ3v) is 7.85. The van der Waals surface area contributed by atoms with Crippen LogP contribution in [-0.2, 0) is 28.1 Å². The van der Waals surface area contributed by atoms with Crippen LogP contribution in [0, 0.1) is 0 Å². The van der Waals surface area contributed by atoms with Gasteiger partial charge in [0.05, 0.1) is 12.0 Å². The summed E-state index contributed by atoms with van der Waals surface area (Å²) >= 11 is 6.43. The van der Waals surface area contributed by atoms with E-state index in [0.29, 0.717) is 28.5 Å². The zero-order chi connectivity index (χ0) is 28.8. The summed E-state index contributed by atoms with van der Waals surface area (Å²) in [6.07, 6.45) is 4.42. The van der Waals surface area contributed by atoms with Gasteiger partial charge in [-0.2, -0.15) is 5.10 Å². The molecule has 1 heterocycles. The molecule has 1 aliphatic carbocycles. The van der Waals surface area contributed by atoms with Crippen molar-refractivity contribution in [2.45, 2.75) is 50.7 Å². The first-order valence-corrected chi connectivity index (χ1v) is 14.1. The van der Waals surface area contributed by atoms with Gasteiger partial charge < -0.3 is 16.0 Å². The molecule has 1 aromatic heterocycles. The Morgan fingerprint density at radius 1 is 0.951 bits per heavy atom. The number of nitrogens with zero attached hydrogens (tertiary/aromatic N) is 2. The Labute approximate surface area is 244 Å². The number of hydrogen-bond donors (Lipinski definition) is 3. The molecule has 0 radical (unpaired) electrons. The predicted octanol–water partition coefficient (Wildman–Crippen LogP) is 5.40. The summed E-state index contributed by atoms with van der Waals surface area (Å²) < 4.78 is 1.67. The summed E-state index contributed by atoms with van der Waals surface area (Å²) in [5.41, 5.74) is 2.95. The maximum Gasteiger partial charge on any atom is 0.270 e. The van der Waals surface area contributed by atoms with Crippen LogP contribution < -0.4 is 16.0 Å². The zero-order valence-corrected chi connectivity index (χ0v) is 23.5. The summed E-state index contributed by atoms with van der Waals surface area (Å²) in [7, 11) is 0. The molecule has 1 unspecified atom stereocenters. The van der Waals surface area contributed by atoms with Crippen LogP contribution in [0.4, 0.5) is 5.69 Å². The van der Waals surface area contributed by atoms with Gasteiger partial charge >= 0.3 is 0 Å². The number of nitrogens with one attached hydrogen (secondary N) is 3. The van der Waals surface area contributed by atoms with E-state index in [9.17, 15) is 14.4 Å². The summed E-state index contributed by atoms with van der Waals surface area (Å²) in [5.74, 6) is -0.860. The van der Waals surface area contributed by atoms with E-state index in [1.54, 1.807) is 41.2 Å². The van der Waals surface area contributed by atoms with Crippen LogP contribution in [0.1, 0.15) is 59.4 Å². The standard InChI is InChI=1S/C32H32ClN5O3/c1-2-38-27(17-20-34-38)30(40)37-32(18-8-19-32)23-13-15-24(16-14-23)35-31(41)29(25-11-6-7-12-26(25)33)36-28(39)21-22-9-4-3-5-10-22/h3-7,9-17,20,29H,2,8,18-19,21H2,1H3,(H,35,41)(H,36,39)(H,37,40). The average Bonchev–Trinajstić information content (AvgIpc) is 3.44. The van der Waals surface area contributed by atoms with Gasteiger partial charge in [0, 0.05) is 29.0 Å². The fraction of sp³-hybridized carbons (Fsp3) is 0.250. The molecule has 0 aliphatic heterocycles. The summed E-state index contributed by atoms with van der Waals surface area (Å²) in [4.78, 5) is 39.4. The molecular formula is C32H32ClN5O3. The normalized spacial score (nSPS) is 14.4. The second kappa shape index (κ2) is 12.4. The maximum atomic E-state index is 13.5. The predicted molar refractivity (Wildman–Crippen MR) is 158 cm³/mol. The van der Waals surface area contributed by atoms with Gasteiger partial charge in [-0.05, 0) is 61.6 Å². The Hall–Kier alpha value is -4.43. The number of carbonyl (C=O) groups excluding carboxylic acids is 3. The first-order valence-electron chi connectivity index (χ1n) is 13.7. The number of amides is 3. The van der Waals surface area contributed by atoms with E-state index < -0.39 is 17.5 Å². The molecule has 4 aromatic rings. The van der Waals surface area contributed by atoms with Crippen LogP contribution in [-0.4, -0.2) is 27.5 Å². The number of carbonyl (C=O) groups is 3. The lowest BCUT2D eigenvalue weighted by molar-refractivity contribution is -0.126. The van der Waals surface area contributed by atoms with Crippen molar-refractivity contribution in [2.24, 2.45) is 0 Å². The molecule has 41 heavy (non-hydrogen) atoms. The van der Waals surface area contributed by atoms with Crippen LogP contribution in [0.3, 0.4) is 0 Å². The van der Waals surface area contributed by atoms with Crippen LogP contribution in [0.25, 0.3) is 0 Å². The van der Waals surface area contributed by atoms with Gasteiger partial charge in [0.2, 0.25) is 5.91 Å². The third kappa shape index (κ3) is 6.33. The van der Waals surface area contributed by atoms with Gasteiger partial charge in [-0.3, -0.25) is 19.1 Å². The van der Waals surface area contributed by atoms with Gasteiger partial charge in [-0.15, -0.1) is 0 Å². The molecule has 3 aromatic carbocycles. The highest BCUT2D eigenvalue weighted by Crippen LogP contribution is 2.42. The summed E-state index contributed by atoms with van der Waals surface area (Å²) in [5, 5.41) is 13.6. The van der Waals surface area contributed by atoms with Gasteiger partial charge in [0.1, 0.15) is 11.7 Å². The van der Waals surface area contributed by atoms with Crippen LogP contribution in [0.5, 0.6) is 0 Å². The Balaban J connectivity index is 1.30. The molecule has 8 nitrogen and oxygen atoms in total. The molecule has 1 fully saturated rings. The Bertz CT molecular complexity index is 1530. The zero-order valence-electron chi connectivity index (χ0n) is 22.8. The van der Waals surface area contributed by atoms with Crippen molar-refractivity contribution in [2.75, 3.05) is 5.32 Å². The largest absolute Gasteiger partial charge is 0.341 e. The molecular weight excluding hydrogens is 538 g/mol. The number of halogens is 1. The summed E-state index contributed by atoms with van der Waals surface area (Å²) in [6, 6.07) is 24.5. The van der Waals surface area contributed by atoms with Gasteiger partial charge in [0.25, 0.3) is 11.8 Å². The molecule has 0 bridgehead atoms. The third-order valence-electron chi connectivity index (χ3n) is 7.50. The minimum absolute atomic E-state index is 0.136. The number of rotatable bonds is 10. The molecule has 5 rings (SSSR count). The summed E-state index contributed by atoms with van der Waals surface area (Å²) in [6.45, 7) is 2.56. The average molecular weight is 570 g/mol. The van der Waals surface area contributed by atoms with E-state index in [4.69, 9.17) is 11.6 Å². The molecule has 1 saturated carbocycles. The SMILES string of the molecule is CCn1nccc1C(=O)NC1(c2ccc(NC(=O)C(NC(=O)Cc3ccccc3)c3ccccc3Cl)cc2)CCC1. The van der Waals surface area contributed by atoms with Crippen LogP contribution in [0.15, 0.2) is 91.1 Å². The molecule has 1 aliphatic rings. The van der Waals surface area contributed by atoms with Gasteiger partial charge in [0.15, 0.2) is 0 Å². The first-order chi connectivity index (χ1) is 19.9. The van der Waals surface area contributed by atoms with Crippen LogP contribution >= 0.6 is 11.6 Å². The van der Waals surface area contributed by atoms with E-state index in [1.807, 2.05) is 61.5 Å². The van der Waals surface area contributed by atoms with Gasteiger partial charge in [-0.1, -0.05) is 72.3 Å². The Kier molecular flexibility index (Phi) is 8.50. The van der Waals surface area contributed by atoms with Crippen molar-refractivity contribution in [3.63, 3.8) is 0 Å². The molecule has 0 saturated heterocycles. The topological polar surface area (TPSA) is 105 Å². The molecule has 3 N–H and O–H groups in total. The molecule has 0 spiro atoms. The fourth-order valence-electron chi connectivity index (χ4n) is 5.15. The van der Waals surface area contributed by atoms with Crippen molar-refractivity contribution < 1.29 is 14.4 Å². The monoisotopic (exact) mass is 569 g/mol. The second-order valence-electron chi connectivity index (χ2n) is 10.2. The molecule has 1 atom stereocenters. The molecule has 3 amide bonds. The van der Waals surface area contributed by atoms with Crippen molar-refractivity contribution in [1.29, 1.82) is 0 Å². The smallest absolute Gasteiger partial charge is 0.270 e. The quantitative estimate of drug-likeness (QED) is 0.238. The van der Waals surface area contributed by atoms with Crippen molar-refractivity contribution >= 4 is 35.0 Å². The van der Waals surface area contributed by atoms with Crippen molar-refractivity contribution in [3.8, 4) is 0 Å². The molecule has 210 valence electrons.